The summed E-state index contributed by atoms with van der Waals surface area (Å²) >= 11 is 0. The zero-order valence-corrected chi connectivity index (χ0v) is 7.35. The van der Waals surface area contributed by atoms with Gasteiger partial charge in [0.1, 0.15) is 0 Å². The van der Waals surface area contributed by atoms with Crippen LogP contribution in [0.4, 0.5) is 0 Å². The smallest absolute Gasteiger partial charge is 0.00398 e. The first-order valence-electron chi connectivity index (χ1n) is 4.11. The van der Waals surface area contributed by atoms with Crippen molar-refractivity contribution < 1.29 is 0 Å². The van der Waals surface area contributed by atoms with E-state index in [1.54, 1.807) is 0 Å². The minimum Gasteiger partial charge on any atom is -0.330 e. The molecule has 0 aliphatic rings. The molecule has 0 heterocycles. The Kier molecular flexibility index (Phi) is 5.32. The van der Waals surface area contributed by atoms with Gasteiger partial charge in [0.2, 0.25) is 0 Å². The molecule has 0 aliphatic heterocycles. The topological polar surface area (TPSA) is 26.0 Å². The molecule has 0 aromatic carbocycles. The van der Waals surface area contributed by atoms with Gasteiger partial charge in [-0.15, -0.1) is 0 Å². The molecule has 0 atom stereocenters. The second-order valence-corrected chi connectivity index (χ2v) is 2.88. The second kappa shape index (κ2) is 5.48. The van der Waals surface area contributed by atoms with Crippen LogP contribution < -0.4 is 5.73 Å². The molecule has 1 heteroatoms. The maximum absolute atomic E-state index is 5.46. The van der Waals surface area contributed by atoms with Crippen LogP contribution in [-0.4, -0.2) is 6.54 Å². The Labute approximate surface area is 64.3 Å². The average molecular weight is 141 g/mol. The lowest BCUT2D eigenvalue weighted by molar-refractivity contribution is 0.708. The van der Waals surface area contributed by atoms with Crippen LogP contribution in [0.2, 0.25) is 0 Å². The highest BCUT2D eigenvalue weighted by atomic mass is 14.5. The second-order valence-electron chi connectivity index (χ2n) is 2.88. The summed E-state index contributed by atoms with van der Waals surface area (Å²) in [6.45, 7) is 7.39. The molecular weight excluding hydrogens is 122 g/mol. The average Bonchev–Trinajstić information content (AvgIpc) is 1.87. The van der Waals surface area contributed by atoms with Crippen molar-refractivity contribution in [3.63, 3.8) is 0 Å². The van der Waals surface area contributed by atoms with Gasteiger partial charge in [-0.2, -0.15) is 0 Å². The summed E-state index contributed by atoms with van der Waals surface area (Å²) in [4.78, 5) is 0. The predicted octanol–water partition coefficient (Wildman–Crippen LogP) is 2.33. The number of rotatable bonds is 4. The molecule has 1 nitrogen and oxygen atoms in total. The third-order valence-electron chi connectivity index (χ3n) is 1.64. The number of allylic oxidation sites excluding steroid dienone is 1. The molecular formula is C9H19N. The van der Waals surface area contributed by atoms with Crippen molar-refractivity contribution in [2.45, 2.75) is 33.6 Å². The minimum absolute atomic E-state index is 0.670. The summed E-state index contributed by atoms with van der Waals surface area (Å²) in [6, 6.07) is 0. The fourth-order valence-corrected chi connectivity index (χ4v) is 1.06. The van der Waals surface area contributed by atoms with Gasteiger partial charge in [-0.1, -0.05) is 32.4 Å². The Morgan fingerprint density at radius 3 is 2.40 bits per heavy atom. The van der Waals surface area contributed by atoms with E-state index in [1.807, 2.05) is 0 Å². The molecule has 0 rings (SSSR count). The van der Waals surface area contributed by atoms with Crippen molar-refractivity contribution >= 4 is 0 Å². The molecule has 0 saturated heterocycles. The highest BCUT2D eigenvalue weighted by Gasteiger charge is 1.99. The molecule has 0 spiro atoms. The van der Waals surface area contributed by atoms with E-state index < -0.39 is 0 Å². The molecule has 0 aliphatic carbocycles. The minimum atomic E-state index is 0.670. The Morgan fingerprint density at radius 2 is 2.10 bits per heavy atom. The fraction of sp³-hybridized carbons (Fsp3) is 0.778. The van der Waals surface area contributed by atoms with E-state index >= 15 is 0 Å². The fourth-order valence-electron chi connectivity index (χ4n) is 1.06. The molecule has 0 aromatic heterocycles. The van der Waals surface area contributed by atoms with Crippen molar-refractivity contribution in [2.24, 2.45) is 11.7 Å². The van der Waals surface area contributed by atoms with Crippen molar-refractivity contribution in [3.8, 4) is 0 Å². The lowest BCUT2D eigenvalue weighted by atomic mass is 9.99. The largest absolute Gasteiger partial charge is 0.330 e. The van der Waals surface area contributed by atoms with Crippen LogP contribution in [0, 0.1) is 5.92 Å². The van der Waals surface area contributed by atoms with E-state index in [1.165, 1.54) is 5.57 Å². The van der Waals surface area contributed by atoms with Crippen LogP contribution >= 0.6 is 0 Å². The quantitative estimate of drug-likeness (QED) is 0.597. The summed E-state index contributed by atoms with van der Waals surface area (Å²) in [5, 5.41) is 0. The van der Waals surface area contributed by atoms with Gasteiger partial charge >= 0.3 is 0 Å². The molecule has 0 fully saturated rings. The van der Waals surface area contributed by atoms with Crippen LogP contribution in [0.15, 0.2) is 11.6 Å². The van der Waals surface area contributed by atoms with Crippen LogP contribution in [0.25, 0.3) is 0 Å². The molecule has 0 bridgehead atoms. The highest BCUT2D eigenvalue weighted by molar-refractivity contribution is 5.04. The molecule has 10 heavy (non-hydrogen) atoms. The van der Waals surface area contributed by atoms with E-state index in [-0.39, 0.29) is 0 Å². The predicted molar refractivity (Wildman–Crippen MR) is 46.9 cm³/mol. The van der Waals surface area contributed by atoms with Gasteiger partial charge < -0.3 is 5.73 Å². The highest BCUT2D eigenvalue weighted by Crippen LogP contribution is 2.13. The Morgan fingerprint density at radius 1 is 1.50 bits per heavy atom. The number of hydrogen-bond donors (Lipinski definition) is 1. The van der Waals surface area contributed by atoms with Gasteiger partial charge in [-0.25, -0.2) is 0 Å². The molecule has 0 radical (unpaired) electrons. The molecule has 0 amide bonds. The molecule has 60 valence electrons. The Bertz CT molecular complexity index is 103. The summed E-state index contributed by atoms with van der Waals surface area (Å²) in [5.41, 5.74) is 6.96. The van der Waals surface area contributed by atoms with Crippen molar-refractivity contribution in [2.75, 3.05) is 6.54 Å². The van der Waals surface area contributed by atoms with Crippen LogP contribution in [0.1, 0.15) is 33.6 Å². The maximum atomic E-state index is 5.46. The number of hydrogen-bond acceptors (Lipinski definition) is 1. The zero-order chi connectivity index (χ0) is 7.98. The normalized spacial score (nSPS) is 12.7. The molecule has 0 aromatic rings. The van der Waals surface area contributed by atoms with Gasteiger partial charge in [0, 0.05) is 0 Å². The molecule has 0 unspecified atom stereocenters. The summed E-state index contributed by atoms with van der Waals surface area (Å²) in [6.07, 6.45) is 4.48. The first-order chi connectivity index (χ1) is 4.72. The van der Waals surface area contributed by atoms with E-state index in [0.29, 0.717) is 5.92 Å². The van der Waals surface area contributed by atoms with Crippen molar-refractivity contribution in [1.29, 1.82) is 0 Å². The monoisotopic (exact) mass is 141 g/mol. The Balaban J connectivity index is 3.85. The summed E-state index contributed by atoms with van der Waals surface area (Å²) in [5.74, 6) is 0.670. The third-order valence-corrected chi connectivity index (χ3v) is 1.64. The first-order valence-corrected chi connectivity index (χ1v) is 4.11. The van der Waals surface area contributed by atoms with E-state index in [4.69, 9.17) is 5.73 Å². The van der Waals surface area contributed by atoms with Crippen LogP contribution in [0.5, 0.6) is 0 Å². The van der Waals surface area contributed by atoms with Crippen LogP contribution in [0.3, 0.4) is 0 Å². The summed E-state index contributed by atoms with van der Waals surface area (Å²) in [7, 11) is 0. The standard InChI is InChI=1S/C9H19N/c1-4-5-9(6-7-10)8(2)3/h5,8H,4,6-7,10H2,1-3H3/b9-5-. The van der Waals surface area contributed by atoms with Gasteiger partial charge in [0.05, 0.1) is 0 Å². The van der Waals surface area contributed by atoms with Gasteiger partial charge in [-0.05, 0) is 25.3 Å². The first kappa shape index (κ1) is 9.70. The van der Waals surface area contributed by atoms with Crippen molar-refractivity contribution in [3.05, 3.63) is 11.6 Å². The van der Waals surface area contributed by atoms with E-state index in [9.17, 15) is 0 Å². The van der Waals surface area contributed by atoms with E-state index in [2.05, 4.69) is 26.8 Å². The molecule has 0 saturated carbocycles. The van der Waals surface area contributed by atoms with E-state index in [0.717, 1.165) is 19.4 Å². The maximum Gasteiger partial charge on any atom is -0.00398 e. The van der Waals surface area contributed by atoms with Gasteiger partial charge in [0.15, 0.2) is 0 Å². The Hall–Kier alpha value is -0.300. The van der Waals surface area contributed by atoms with Crippen LogP contribution in [-0.2, 0) is 0 Å². The lowest BCUT2D eigenvalue weighted by Gasteiger charge is -2.08. The third kappa shape index (κ3) is 3.67. The zero-order valence-electron chi connectivity index (χ0n) is 7.35. The number of nitrogens with two attached hydrogens (primary N) is 1. The lowest BCUT2D eigenvalue weighted by Crippen LogP contribution is -2.04. The van der Waals surface area contributed by atoms with Crippen molar-refractivity contribution in [1.82, 2.24) is 0 Å². The molecule has 2 N–H and O–H groups in total. The summed E-state index contributed by atoms with van der Waals surface area (Å²) < 4.78 is 0. The van der Waals surface area contributed by atoms with Gasteiger partial charge in [-0.3, -0.25) is 0 Å². The van der Waals surface area contributed by atoms with Gasteiger partial charge in [0.25, 0.3) is 0 Å². The SMILES string of the molecule is CC/C=C(/CCN)C(C)C.